The van der Waals surface area contributed by atoms with E-state index < -0.39 is 0 Å². The Kier molecular flexibility index (Phi) is 2.53. The quantitative estimate of drug-likeness (QED) is 0.648. The van der Waals surface area contributed by atoms with Crippen molar-refractivity contribution in [2.45, 2.75) is 6.54 Å². The second-order valence-electron chi connectivity index (χ2n) is 3.83. The van der Waals surface area contributed by atoms with Gasteiger partial charge in [0.1, 0.15) is 10.7 Å². The molecule has 3 nitrogen and oxygen atoms in total. The van der Waals surface area contributed by atoms with E-state index in [1.807, 2.05) is 28.8 Å². The predicted molar refractivity (Wildman–Crippen MR) is 68.1 cm³/mol. The van der Waals surface area contributed by atoms with Crippen molar-refractivity contribution >= 4 is 22.8 Å². The molecule has 0 aliphatic rings. The van der Waals surface area contributed by atoms with Gasteiger partial charge in [0, 0.05) is 0 Å². The summed E-state index contributed by atoms with van der Waals surface area (Å²) >= 11 is 5.90. The third kappa shape index (κ3) is 2.01. The first-order valence-electron chi connectivity index (χ1n) is 5.34. The van der Waals surface area contributed by atoms with Gasteiger partial charge in [-0.2, -0.15) is 0 Å². The minimum Gasteiger partial charge on any atom is -0.311 e. The van der Waals surface area contributed by atoms with Crippen LogP contribution in [0, 0.1) is 0 Å². The Bertz CT molecular complexity index is 646. The minimum atomic E-state index is 0.493. The zero-order valence-corrected chi connectivity index (χ0v) is 9.80. The van der Waals surface area contributed by atoms with Crippen LogP contribution < -0.4 is 0 Å². The number of rotatable bonds is 2. The van der Waals surface area contributed by atoms with Gasteiger partial charge in [-0.25, -0.2) is 9.97 Å². The molecule has 1 aromatic carbocycles. The summed E-state index contributed by atoms with van der Waals surface area (Å²) in [5.41, 5.74) is 2.90. The van der Waals surface area contributed by atoms with Crippen molar-refractivity contribution in [3.8, 4) is 0 Å². The van der Waals surface area contributed by atoms with Crippen molar-refractivity contribution in [1.82, 2.24) is 14.5 Å². The minimum absolute atomic E-state index is 0.493. The Morgan fingerprint density at radius 1 is 1.06 bits per heavy atom. The van der Waals surface area contributed by atoms with E-state index in [-0.39, 0.29) is 0 Å². The first kappa shape index (κ1) is 10.3. The maximum atomic E-state index is 5.90. The van der Waals surface area contributed by atoms with Crippen LogP contribution >= 0.6 is 11.6 Å². The molecule has 0 saturated heterocycles. The molecule has 0 fully saturated rings. The van der Waals surface area contributed by atoms with Gasteiger partial charge in [0.25, 0.3) is 0 Å². The fourth-order valence-corrected chi connectivity index (χ4v) is 1.96. The number of hydrogen-bond acceptors (Lipinski definition) is 2. The Hall–Kier alpha value is -1.87. The molecule has 0 bridgehead atoms. The van der Waals surface area contributed by atoms with Gasteiger partial charge in [-0.15, -0.1) is 0 Å². The van der Waals surface area contributed by atoms with Crippen LogP contribution in [0.1, 0.15) is 5.56 Å². The second kappa shape index (κ2) is 4.18. The van der Waals surface area contributed by atoms with Crippen molar-refractivity contribution in [3.05, 3.63) is 59.5 Å². The number of fused-ring (bicyclic) bond motifs is 1. The van der Waals surface area contributed by atoms with Crippen molar-refractivity contribution in [2.24, 2.45) is 0 Å². The van der Waals surface area contributed by atoms with E-state index in [9.17, 15) is 0 Å². The fourth-order valence-electron chi connectivity index (χ4n) is 1.81. The zero-order chi connectivity index (χ0) is 11.7. The van der Waals surface area contributed by atoms with Crippen LogP contribution in [0.15, 0.2) is 48.8 Å². The Morgan fingerprint density at radius 3 is 2.71 bits per heavy atom. The Labute approximate surface area is 104 Å². The fraction of sp³-hybridized carbons (Fsp3) is 0.0769. The highest BCUT2D eigenvalue weighted by molar-refractivity contribution is 6.29. The van der Waals surface area contributed by atoms with Crippen molar-refractivity contribution in [1.29, 1.82) is 0 Å². The summed E-state index contributed by atoms with van der Waals surface area (Å²) < 4.78 is 2.00. The summed E-state index contributed by atoms with van der Waals surface area (Å²) in [4.78, 5) is 8.60. The lowest BCUT2D eigenvalue weighted by atomic mass is 10.2. The van der Waals surface area contributed by atoms with E-state index in [0.717, 1.165) is 17.7 Å². The van der Waals surface area contributed by atoms with E-state index >= 15 is 0 Å². The van der Waals surface area contributed by atoms with E-state index in [2.05, 4.69) is 22.1 Å². The molecule has 0 spiro atoms. The number of pyridine rings is 1. The molecular weight excluding hydrogens is 234 g/mol. The van der Waals surface area contributed by atoms with Gasteiger partial charge in [0.15, 0.2) is 5.65 Å². The third-order valence-electron chi connectivity index (χ3n) is 2.62. The van der Waals surface area contributed by atoms with Crippen molar-refractivity contribution in [2.75, 3.05) is 0 Å². The third-order valence-corrected chi connectivity index (χ3v) is 2.84. The number of imidazole rings is 1. The number of halogens is 1. The SMILES string of the molecule is Clc1ccc2ncn(Cc3ccccc3)c2n1. The molecule has 0 aliphatic carbocycles. The molecule has 3 rings (SSSR count). The molecular formula is C13H10ClN3. The Balaban J connectivity index is 2.03. The van der Waals surface area contributed by atoms with Gasteiger partial charge >= 0.3 is 0 Å². The van der Waals surface area contributed by atoms with Crippen LogP contribution in [-0.2, 0) is 6.54 Å². The smallest absolute Gasteiger partial charge is 0.161 e. The average molecular weight is 244 g/mol. The van der Waals surface area contributed by atoms with E-state index in [1.54, 1.807) is 12.4 Å². The van der Waals surface area contributed by atoms with Crippen molar-refractivity contribution in [3.63, 3.8) is 0 Å². The highest BCUT2D eigenvalue weighted by Crippen LogP contribution is 2.15. The molecule has 0 aliphatic heterocycles. The second-order valence-corrected chi connectivity index (χ2v) is 4.22. The molecule has 0 unspecified atom stereocenters. The number of benzene rings is 1. The number of hydrogen-bond donors (Lipinski definition) is 0. The van der Waals surface area contributed by atoms with Crippen LogP contribution in [0.2, 0.25) is 5.15 Å². The summed E-state index contributed by atoms with van der Waals surface area (Å²) in [6, 6.07) is 13.8. The van der Waals surface area contributed by atoms with Gasteiger partial charge in [0.05, 0.1) is 12.9 Å². The van der Waals surface area contributed by atoms with Gasteiger partial charge in [-0.3, -0.25) is 0 Å². The zero-order valence-electron chi connectivity index (χ0n) is 9.05. The maximum Gasteiger partial charge on any atom is 0.161 e. The van der Waals surface area contributed by atoms with Crippen LogP contribution in [0.5, 0.6) is 0 Å². The monoisotopic (exact) mass is 243 g/mol. The molecule has 84 valence electrons. The van der Waals surface area contributed by atoms with Crippen LogP contribution in [0.4, 0.5) is 0 Å². The topological polar surface area (TPSA) is 30.7 Å². The molecule has 2 aromatic heterocycles. The van der Waals surface area contributed by atoms with Crippen LogP contribution in [0.3, 0.4) is 0 Å². The highest BCUT2D eigenvalue weighted by atomic mass is 35.5. The number of aromatic nitrogens is 3. The number of nitrogens with zero attached hydrogens (tertiary/aromatic N) is 3. The van der Waals surface area contributed by atoms with Crippen molar-refractivity contribution < 1.29 is 0 Å². The highest BCUT2D eigenvalue weighted by Gasteiger charge is 2.04. The van der Waals surface area contributed by atoms with Gasteiger partial charge in [-0.1, -0.05) is 41.9 Å². The summed E-state index contributed by atoms with van der Waals surface area (Å²) in [6.45, 7) is 0.755. The lowest BCUT2D eigenvalue weighted by Crippen LogP contribution is -1.98. The van der Waals surface area contributed by atoms with Crippen LogP contribution in [0.25, 0.3) is 11.2 Å². The summed E-state index contributed by atoms with van der Waals surface area (Å²) in [7, 11) is 0. The average Bonchev–Trinajstić information content (AvgIpc) is 2.73. The summed E-state index contributed by atoms with van der Waals surface area (Å²) in [5, 5.41) is 0.493. The maximum absolute atomic E-state index is 5.90. The molecule has 0 amide bonds. The molecule has 0 radical (unpaired) electrons. The molecule has 0 atom stereocenters. The van der Waals surface area contributed by atoms with E-state index in [1.165, 1.54) is 5.56 Å². The molecule has 0 saturated carbocycles. The molecule has 2 heterocycles. The lowest BCUT2D eigenvalue weighted by molar-refractivity contribution is 0.814. The first-order chi connectivity index (χ1) is 8.33. The van der Waals surface area contributed by atoms with Crippen LogP contribution in [-0.4, -0.2) is 14.5 Å². The molecule has 4 heteroatoms. The molecule has 3 aromatic rings. The summed E-state index contributed by atoms with van der Waals surface area (Å²) in [6.07, 6.45) is 1.79. The molecule has 0 N–H and O–H groups in total. The van der Waals surface area contributed by atoms with Gasteiger partial charge in [-0.05, 0) is 17.7 Å². The summed E-state index contributed by atoms with van der Waals surface area (Å²) in [5.74, 6) is 0. The Morgan fingerprint density at radius 2 is 1.88 bits per heavy atom. The van der Waals surface area contributed by atoms with E-state index in [0.29, 0.717) is 5.15 Å². The first-order valence-corrected chi connectivity index (χ1v) is 5.72. The standard InChI is InChI=1S/C13H10ClN3/c14-12-7-6-11-13(16-12)17(9-15-11)8-10-4-2-1-3-5-10/h1-7,9H,8H2. The normalized spacial score (nSPS) is 10.9. The van der Waals surface area contributed by atoms with Gasteiger partial charge < -0.3 is 4.57 Å². The largest absolute Gasteiger partial charge is 0.311 e. The predicted octanol–water partition coefficient (Wildman–Crippen LogP) is 3.13. The molecule has 17 heavy (non-hydrogen) atoms. The van der Waals surface area contributed by atoms with Gasteiger partial charge in [0.2, 0.25) is 0 Å². The van der Waals surface area contributed by atoms with E-state index in [4.69, 9.17) is 11.6 Å². The lowest BCUT2D eigenvalue weighted by Gasteiger charge is -2.03.